The molecule has 0 unspecified atom stereocenters. The molecule has 0 aliphatic carbocycles. The van der Waals surface area contributed by atoms with Crippen LogP contribution in [0.25, 0.3) is 27.3 Å². The van der Waals surface area contributed by atoms with Crippen molar-refractivity contribution in [1.29, 1.82) is 0 Å². The maximum atomic E-state index is 14.2. The van der Waals surface area contributed by atoms with Gasteiger partial charge in [-0.15, -0.1) is 11.3 Å². The first kappa shape index (κ1) is 35.4. The van der Waals surface area contributed by atoms with Gasteiger partial charge in [0.05, 0.1) is 36.5 Å². The summed E-state index contributed by atoms with van der Waals surface area (Å²) in [7, 11) is 1.61. The number of benzene rings is 2. The van der Waals surface area contributed by atoms with Gasteiger partial charge in [-0.25, -0.2) is 9.97 Å². The lowest BCUT2D eigenvalue weighted by molar-refractivity contribution is -0.142. The number of rotatable bonds is 8. The molecule has 0 bridgehead atoms. The summed E-state index contributed by atoms with van der Waals surface area (Å²) in [4.78, 5) is 59.3. The van der Waals surface area contributed by atoms with Crippen LogP contribution in [0.15, 0.2) is 103 Å². The monoisotopic (exact) mass is 743 g/mol. The number of aromatic nitrogens is 5. The SMILES string of the molecule is COc1cccc(-n2ccc3c(=O)n(CC4(O)CCN(C(=O)[C@@H]5CCN(C(=O)c6cnc(-c7ccc(C)nc7)s6)C[C@H]5c5ccccc5)CC4)cnc32)c1. The van der Waals surface area contributed by atoms with Crippen LogP contribution in [-0.2, 0) is 11.3 Å². The molecule has 2 saturated heterocycles. The first-order valence-corrected chi connectivity index (χ1v) is 19.0. The smallest absolute Gasteiger partial charge is 0.265 e. The van der Waals surface area contributed by atoms with Crippen LogP contribution in [0, 0.1) is 12.8 Å². The fraction of sp³-hybridized carbons (Fsp3) is 0.317. The lowest BCUT2D eigenvalue weighted by atomic mass is 9.79. The number of likely N-dealkylation sites (tertiary alicyclic amines) is 2. The second-order valence-electron chi connectivity index (χ2n) is 14.2. The number of pyridine rings is 1. The summed E-state index contributed by atoms with van der Waals surface area (Å²) in [6.07, 6.45) is 7.87. The third-order valence-electron chi connectivity index (χ3n) is 10.8. The second kappa shape index (κ2) is 14.6. The molecule has 2 atom stereocenters. The van der Waals surface area contributed by atoms with Crippen molar-refractivity contribution < 1.29 is 19.4 Å². The van der Waals surface area contributed by atoms with Gasteiger partial charge in [0.1, 0.15) is 22.0 Å². The highest BCUT2D eigenvalue weighted by molar-refractivity contribution is 7.16. The van der Waals surface area contributed by atoms with Crippen molar-refractivity contribution in [3.8, 4) is 22.0 Å². The Balaban J connectivity index is 0.942. The molecular weight excluding hydrogens is 703 g/mol. The second-order valence-corrected chi connectivity index (χ2v) is 15.3. The minimum Gasteiger partial charge on any atom is -0.497 e. The summed E-state index contributed by atoms with van der Waals surface area (Å²) in [6, 6.07) is 23.1. The van der Waals surface area contributed by atoms with Crippen molar-refractivity contribution in [1.82, 2.24) is 33.9 Å². The molecular formula is C41H41N7O5S. The number of carbonyl (C=O) groups excluding carboxylic acids is 2. The predicted molar refractivity (Wildman–Crippen MR) is 206 cm³/mol. The van der Waals surface area contributed by atoms with Gasteiger partial charge in [-0.2, -0.15) is 0 Å². The van der Waals surface area contributed by atoms with E-state index in [2.05, 4.69) is 15.0 Å². The van der Waals surface area contributed by atoms with Crippen LogP contribution < -0.4 is 10.3 Å². The van der Waals surface area contributed by atoms with Crippen LogP contribution in [0.5, 0.6) is 5.75 Å². The summed E-state index contributed by atoms with van der Waals surface area (Å²) in [5.41, 5.74) is 2.73. The fourth-order valence-corrected chi connectivity index (χ4v) is 8.59. The number of hydrogen-bond acceptors (Lipinski definition) is 9. The number of nitrogens with zero attached hydrogens (tertiary/aromatic N) is 7. The van der Waals surface area contributed by atoms with Crippen molar-refractivity contribution in [3.63, 3.8) is 0 Å². The molecule has 2 aliphatic rings. The zero-order valence-electron chi connectivity index (χ0n) is 30.2. The Kier molecular flexibility index (Phi) is 9.59. The molecule has 2 fully saturated rings. The summed E-state index contributed by atoms with van der Waals surface area (Å²) in [5.74, 6) is 0.133. The largest absolute Gasteiger partial charge is 0.497 e. The molecule has 1 N–H and O–H groups in total. The maximum Gasteiger partial charge on any atom is 0.265 e. The number of fused-ring (bicyclic) bond motifs is 1. The summed E-state index contributed by atoms with van der Waals surface area (Å²) in [6.45, 7) is 3.60. The Labute approximate surface area is 316 Å². The van der Waals surface area contributed by atoms with E-state index in [1.165, 1.54) is 22.2 Å². The fourth-order valence-electron chi connectivity index (χ4n) is 7.72. The van der Waals surface area contributed by atoms with Crippen molar-refractivity contribution >= 4 is 34.2 Å². The molecule has 2 aromatic carbocycles. The Morgan fingerprint density at radius 2 is 1.76 bits per heavy atom. The highest BCUT2D eigenvalue weighted by Crippen LogP contribution is 2.37. The van der Waals surface area contributed by atoms with E-state index in [0.717, 1.165) is 27.5 Å². The Morgan fingerprint density at radius 1 is 0.944 bits per heavy atom. The van der Waals surface area contributed by atoms with Crippen LogP contribution in [0.4, 0.5) is 0 Å². The lowest BCUT2D eigenvalue weighted by Crippen LogP contribution is -2.53. The average molecular weight is 744 g/mol. The lowest BCUT2D eigenvalue weighted by Gasteiger charge is -2.43. The minimum absolute atomic E-state index is 0.0316. The molecule has 13 heteroatoms. The van der Waals surface area contributed by atoms with Gasteiger partial charge in [-0.1, -0.05) is 36.4 Å². The summed E-state index contributed by atoms with van der Waals surface area (Å²) >= 11 is 1.35. The minimum atomic E-state index is -1.18. The molecule has 12 nitrogen and oxygen atoms in total. The molecule has 0 radical (unpaired) electrons. The molecule has 6 aromatic rings. The Morgan fingerprint density at radius 3 is 2.52 bits per heavy atom. The number of piperidine rings is 2. The zero-order valence-corrected chi connectivity index (χ0v) is 31.0. The van der Waals surface area contributed by atoms with Gasteiger partial charge in [0.15, 0.2) is 5.65 Å². The number of hydrogen-bond donors (Lipinski definition) is 1. The molecule has 0 spiro atoms. The van der Waals surface area contributed by atoms with Crippen molar-refractivity contribution in [2.45, 2.75) is 44.2 Å². The first-order valence-electron chi connectivity index (χ1n) is 18.1. The van der Waals surface area contributed by atoms with Gasteiger partial charge in [0.25, 0.3) is 11.5 Å². The molecule has 4 aromatic heterocycles. The van der Waals surface area contributed by atoms with E-state index in [9.17, 15) is 19.5 Å². The highest BCUT2D eigenvalue weighted by atomic mass is 32.1. The van der Waals surface area contributed by atoms with Gasteiger partial charge < -0.3 is 24.2 Å². The van der Waals surface area contributed by atoms with Gasteiger partial charge in [-0.05, 0) is 62.1 Å². The van der Waals surface area contributed by atoms with Gasteiger partial charge in [-0.3, -0.25) is 23.9 Å². The summed E-state index contributed by atoms with van der Waals surface area (Å²) in [5, 5.41) is 12.9. The quantitative estimate of drug-likeness (QED) is 0.221. The van der Waals surface area contributed by atoms with Crippen LogP contribution in [0.1, 0.15) is 46.1 Å². The van der Waals surface area contributed by atoms with E-state index in [-0.39, 0.29) is 35.8 Å². The molecule has 0 saturated carbocycles. The third-order valence-corrected chi connectivity index (χ3v) is 11.8. The van der Waals surface area contributed by atoms with Gasteiger partial charge >= 0.3 is 0 Å². The maximum absolute atomic E-state index is 14.2. The number of aliphatic hydroxyl groups is 1. The van der Waals surface area contributed by atoms with Gasteiger partial charge in [0, 0.05) is 67.7 Å². The summed E-state index contributed by atoms with van der Waals surface area (Å²) < 4.78 is 8.67. The van der Waals surface area contributed by atoms with Crippen molar-refractivity contribution in [3.05, 3.63) is 124 Å². The third kappa shape index (κ3) is 6.92. The predicted octanol–water partition coefficient (Wildman–Crippen LogP) is 5.32. The van der Waals surface area contributed by atoms with Crippen LogP contribution in [0.2, 0.25) is 0 Å². The standard InChI is InChI=1S/C41H41N7O5S/c1-27-11-12-29(22-42-27)37-43-23-35(54-37)40(51)46-17-13-32(34(24-46)28-7-4-3-5-8-28)38(49)45-19-15-41(52,16-20-45)25-47-26-44-36-33(39(47)50)14-18-48(36)30-9-6-10-31(21-30)53-2/h3-12,14,18,21-23,26,32,34,52H,13,15-17,19-20,24-25H2,1-2H3/t32-,34+/m1/s1. The van der Waals surface area contributed by atoms with Crippen molar-refractivity contribution in [2.75, 3.05) is 33.3 Å². The van der Waals surface area contributed by atoms with E-state index in [0.29, 0.717) is 67.1 Å². The molecule has 276 valence electrons. The molecule has 54 heavy (non-hydrogen) atoms. The van der Waals surface area contributed by atoms with E-state index in [1.807, 2.05) is 88.0 Å². The average Bonchev–Trinajstić information content (AvgIpc) is 3.88. The Hall–Kier alpha value is -5.66. The number of amides is 2. The molecule has 8 rings (SSSR count). The molecule has 2 aliphatic heterocycles. The Bertz CT molecular complexity index is 2360. The molecule has 6 heterocycles. The van der Waals surface area contributed by atoms with Crippen LogP contribution in [-0.4, -0.2) is 89.7 Å². The van der Waals surface area contributed by atoms with Crippen molar-refractivity contribution in [2.24, 2.45) is 5.92 Å². The number of thiazole rings is 1. The number of methoxy groups -OCH3 is 1. The van der Waals surface area contributed by atoms with E-state index >= 15 is 0 Å². The number of carbonyl (C=O) groups is 2. The van der Waals surface area contributed by atoms with E-state index in [4.69, 9.17) is 4.74 Å². The normalized spacial score (nSPS) is 18.5. The zero-order chi connectivity index (χ0) is 37.4. The van der Waals surface area contributed by atoms with Gasteiger partial charge in [0.2, 0.25) is 5.91 Å². The highest BCUT2D eigenvalue weighted by Gasteiger charge is 2.42. The number of aryl methyl sites for hydroxylation is 1. The molecule has 2 amide bonds. The van der Waals surface area contributed by atoms with E-state index in [1.54, 1.807) is 31.8 Å². The first-order chi connectivity index (χ1) is 26.2. The van der Waals surface area contributed by atoms with Crippen LogP contribution >= 0.6 is 11.3 Å². The van der Waals surface area contributed by atoms with Crippen LogP contribution in [0.3, 0.4) is 0 Å². The van der Waals surface area contributed by atoms with E-state index < -0.39 is 5.60 Å². The number of ether oxygens (including phenoxy) is 1. The topological polar surface area (TPSA) is 136 Å².